The summed E-state index contributed by atoms with van der Waals surface area (Å²) in [6.45, 7) is 5.62. The predicted octanol–water partition coefficient (Wildman–Crippen LogP) is 1.45. The Morgan fingerprint density at radius 1 is 1.35 bits per heavy atom. The molecule has 6 heteroatoms. The number of rotatable bonds is 3. The quantitative estimate of drug-likeness (QED) is 0.916. The summed E-state index contributed by atoms with van der Waals surface area (Å²) < 4.78 is 23.1. The van der Waals surface area contributed by atoms with Gasteiger partial charge in [-0.2, -0.15) is 0 Å². The zero-order valence-electron chi connectivity index (χ0n) is 11.7. The second-order valence-corrected chi connectivity index (χ2v) is 7.11. The van der Waals surface area contributed by atoms with Crippen LogP contribution in [-0.2, 0) is 10.0 Å². The van der Waals surface area contributed by atoms with E-state index in [1.807, 2.05) is 0 Å². The molecule has 0 bridgehead atoms. The minimum atomic E-state index is -3.89. The number of amides is 1. The topological polar surface area (TPSA) is 80.5 Å². The van der Waals surface area contributed by atoms with Crippen molar-refractivity contribution in [2.75, 3.05) is 13.1 Å². The van der Waals surface area contributed by atoms with Gasteiger partial charge in [0.05, 0.1) is 10.5 Å². The van der Waals surface area contributed by atoms with E-state index < -0.39 is 10.0 Å². The van der Waals surface area contributed by atoms with Crippen molar-refractivity contribution in [1.29, 1.82) is 0 Å². The van der Waals surface area contributed by atoms with Gasteiger partial charge < -0.3 is 4.90 Å². The van der Waals surface area contributed by atoms with Crippen molar-refractivity contribution in [1.82, 2.24) is 4.90 Å². The van der Waals surface area contributed by atoms with Crippen molar-refractivity contribution in [3.05, 3.63) is 29.8 Å². The molecule has 1 unspecified atom stereocenters. The molecule has 1 atom stereocenters. The van der Waals surface area contributed by atoms with E-state index in [-0.39, 0.29) is 16.4 Å². The summed E-state index contributed by atoms with van der Waals surface area (Å²) in [6.07, 6.45) is 0.959. The van der Waals surface area contributed by atoms with Gasteiger partial charge >= 0.3 is 0 Å². The number of benzene rings is 1. The van der Waals surface area contributed by atoms with Crippen LogP contribution in [0.5, 0.6) is 0 Å². The molecule has 1 amide bonds. The van der Waals surface area contributed by atoms with Crippen molar-refractivity contribution in [3.63, 3.8) is 0 Å². The van der Waals surface area contributed by atoms with Crippen LogP contribution >= 0.6 is 0 Å². The molecule has 5 nitrogen and oxygen atoms in total. The van der Waals surface area contributed by atoms with Gasteiger partial charge in [0.15, 0.2) is 0 Å². The Balaban J connectivity index is 2.28. The molecule has 1 aromatic carbocycles. The van der Waals surface area contributed by atoms with E-state index in [1.54, 1.807) is 17.0 Å². The lowest BCUT2D eigenvalue weighted by Crippen LogP contribution is -2.31. The lowest BCUT2D eigenvalue weighted by molar-refractivity contribution is 0.0780. The summed E-state index contributed by atoms with van der Waals surface area (Å²) in [7, 11) is -3.89. The van der Waals surface area contributed by atoms with Gasteiger partial charge in [-0.25, -0.2) is 13.6 Å². The number of hydrogen-bond acceptors (Lipinski definition) is 3. The highest BCUT2D eigenvalue weighted by molar-refractivity contribution is 7.89. The Hall–Kier alpha value is -1.40. The zero-order valence-corrected chi connectivity index (χ0v) is 12.6. The van der Waals surface area contributed by atoms with Crippen LogP contribution in [0.4, 0.5) is 0 Å². The molecule has 2 rings (SSSR count). The molecule has 1 heterocycles. The Kier molecular flexibility index (Phi) is 4.15. The highest BCUT2D eigenvalue weighted by Gasteiger charge is 2.30. The van der Waals surface area contributed by atoms with E-state index in [2.05, 4.69) is 13.8 Å². The van der Waals surface area contributed by atoms with Gasteiger partial charge in [0.25, 0.3) is 5.91 Å². The van der Waals surface area contributed by atoms with Gasteiger partial charge in [0, 0.05) is 13.1 Å². The number of hydrogen-bond donors (Lipinski definition) is 1. The monoisotopic (exact) mass is 296 g/mol. The van der Waals surface area contributed by atoms with E-state index in [4.69, 9.17) is 5.14 Å². The molecular weight excluding hydrogens is 276 g/mol. The lowest BCUT2D eigenvalue weighted by Gasteiger charge is -2.19. The summed E-state index contributed by atoms with van der Waals surface area (Å²) in [6, 6.07) is 6.11. The van der Waals surface area contributed by atoms with Crippen LogP contribution < -0.4 is 5.14 Å². The minimum absolute atomic E-state index is 0.0991. The van der Waals surface area contributed by atoms with Crippen LogP contribution in [-0.4, -0.2) is 32.3 Å². The van der Waals surface area contributed by atoms with Gasteiger partial charge in [-0.05, 0) is 30.4 Å². The second kappa shape index (κ2) is 5.54. The van der Waals surface area contributed by atoms with Crippen LogP contribution in [0.25, 0.3) is 0 Å². The molecule has 0 aromatic heterocycles. The van der Waals surface area contributed by atoms with E-state index in [0.717, 1.165) is 6.42 Å². The fourth-order valence-corrected chi connectivity index (χ4v) is 3.31. The maximum Gasteiger partial charge on any atom is 0.255 e. The third kappa shape index (κ3) is 3.02. The number of nitrogens with zero attached hydrogens (tertiary/aromatic N) is 1. The summed E-state index contributed by atoms with van der Waals surface area (Å²) in [5.41, 5.74) is 0.166. The van der Waals surface area contributed by atoms with Gasteiger partial charge in [-0.3, -0.25) is 4.79 Å². The van der Waals surface area contributed by atoms with Gasteiger partial charge in [-0.15, -0.1) is 0 Å². The number of likely N-dealkylation sites (tertiary alicyclic amines) is 1. The fourth-order valence-electron chi connectivity index (χ4n) is 2.58. The SMILES string of the molecule is CC(C)C1CCN(C(=O)c2ccccc2S(N)(=O)=O)C1. The summed E-state index contributed by atoms with van der Waals surface area (Å²) in [5, 5.41) is 5.17. The van der Waals surface area contributed by atoms with Crippen LogP contribution in [0, 0.1) is 11.8 Å². The number of carbonyl (C=O) groups excluding carboxylic acids is 1. The third-order valence-corrected chi connectivity index (χ3v) is 4.85. The van der Waals surface area contributed by atoms with Crippen molar-refractivity contribution in [3.8, 4) is 0 Å². The Labute approximate surface area is 119 Å². The van der Waals surface area contributed by atoms with Crippen molar-refractivity contribution < 1.29 is 13.2 Å². The predicted molar refractivity (Wildman–Crippen MR) is 76.7 cm³/mol. The molecular formula is C14H20N2O3S. The Morgan fingerprint density at radius 3 is 2.55 bits per heavy atom. The normalized spacial score (nSPS) is 19.6. The summed E-state index contributed by atoms with van der Waals surface area (Å²) in [5.74, 6) is 0.736. The van der Waals surface area contributed by atoms with Gasteiger partial charge in [-0.1, -0.05) is 26.0 Å². The van der Waals surface area contributed by atoms with E-state index in [0.29, 0.717) is 24.9 Å². The first-order chi connectivity index (χ1) is 9.30. The molecule has 1 aliphatic heterocycles. The average molecular weight is 296 g/mol. The smallest absolute Gasteiger partial charge is 0.255 e. The first-order valence-electron chi connectivity index (χ1n) is 6.72. The third-order valence-electron chi connectivity index (χ3n) is 3.88. The van der Waals surface area contributed by atoms with Crippen LogP contribution in [0.15, 0.2) is 29.2 Å². The summed E-state index contributed by atoms with van der Waals surface area (Å²) in [4.78, 5) is 14.1. The van der Waals surface area contributed by atoms with Gasteiger partial charge in [0.2, 0.25) is 10.0 Å². The van der Waals surface area contributed by atoms with Crippen LogP contribution in [0.3, 0.4) is 0 Å². The summed E-state index contributed by atoms with van der Waals surface area (Å²) >= 11 is 0. The molecule has 1 aromatic rings. The Morgan fingerprint density at radius 2 is 2.00 bits per heavy atom. The molecule has 0 saturated carbocycles. The fraction of sp³-hybridized carbons (Fsp3) is 0.500. The van der Waals surface area contributed by atoms with Crippen molar-refractivity contribution in [2.24, 2.45) is 17.0 Å². The maximum atomic E-state index is 12.5. The van der Waals surface area contributed by atoms with E-state index in [1.165, 1.54) is 12.1 Å². The Bertz CT molecular complexity index is 611. The molecule has 20 heavy (non-hydrogen) atoms. The molecule has 1 aliphatic rings. The molecule has 0 radical (unpaired) electrons. The van der Waals surface area contributed by atoms with Gasteiger partial charge in [0.1, 0.15) is 0 Å². The molecule has 110 valence electrons. The molecule has 0 aliphatic carbocycles. The minimum Gasteiger partial charge on any atom is -0.338 e. The van der Waals surface area contributed by atoms with E-state index >= 15 is 0 Å². The number of nitrogens with two attached hydrogens (primary N) is 1. The average Bonchev–Trinajstić information content (AvgIpc) is 2.86. The van der Waals surface area contributed by atoms with Crippen LogP contribution in [0.1, 0.15) is 30.6 Å². The molecule has 1 fully saturated rings. The molecule has 0 spiro atoms. The number of carbonyl (C=O) groups is 1. The molecule has 1 saturated heterocycles. The number of primary sulfonamides is 1. The standard InChI is InChI=1S/C14H20N2O3S/c1-10(2)11-7-8-16(9-11)14(17)12-5-3-4-6-13(12)20(15,18)19/h3-6,10-11H,7-9H2,1-2H3,(H2,15,18,19). The second-order valence-electron chi connectivity index (χ2n) is 5.59. The number of sulfonamides is 1. The van der Waals surface area contributed by atoms with E-state index in [9.17, 15) is 13.2 Å². The first kappa shape index (κ1) is 15.0. The lowest BCUT2D eigenvalue weighted by atomic mass is 9.95. The highest BCUT2D eigenvalue weighted by atomic mass is 32.2. The first-order valence-corrected chi connectivity index (χ1v) is 8.26. The van der Waals surface area contributed by atoms with Crippen molar-refractivity contribution in [2.45, 2.75) is 25.2 Å². The maximum absolute atomic E-state index is 12.5. The van der Waals surface area contributed by atoms with Crippen molar-refractivity contribution >= 4 is 15.9 Å². The molecule has 2 N–H and O–H groups in total. The zero-order chi connectivity index (χ0) is 14.9. The largest absolute Gasteiger partial charge is 0.338 e. The van der Waals surface area contributed by atoms with Crippen LogP contribution in [0.2, 0.25) is 0 Å². The highest BCUT2D eigenvalue weighted by Crippen LogP contribution is 2.26.